The molecule has 7 nitrogen and oxygen atoms in total. The fraction of sp³-hybridized carbons (Fsp3) is 0.241. The molecule has 2 amide bonds. The Hall–Kier alpha value is -4.40. The van der Waals surface area contributed by atoms with Crippen LogP contribution in [-0.4, -0.2) is 24.7 Å². The summed E-state index contributed by atoms with van der Waals surface area (Å²) in [6.45, 7) is 9.15. The van der Waals surface area contributed by atoms with E-state index in [-0.39, 0.29) is 11.8 Å². The number of nitrogens with one attached hydrogen (secondary N) is 3. The molecular weight excluding hydrogens is 482 g/mol. The zero-order chi connectivity index (χ0) is 27.2. The van der Waals surface area contributed by atoms with Gasteiger partial charge in [0.2, 0.25) is 0 Å². The molecule has 0 saturated carbocycles. The first-order valence-electron chi connectivity index (χ1n) is 11.6. The summed E-state index contributed by atoms with van der Waals surface area (Å²) < 4.78 is 0. The van der Waals surface area contributed by atoms with E-state index < -0.39 is 5.41 Å². The Morgan fingerprint density at radius 2 is 1.73 bits per heavy atom. The zero-order valence-electron chi connectivity index (χ0n) is 21.7. The van der Waals surface area contributed by atoms with Gasteiger partial charge in [-0.3, -0.25) is 14.6 Å². The minimum absolute atomic E-state index is 0.254. The zero-order valence-corrected chi connectivity index (χ0v) is 22.6. The van der Waals surface area contributed by atoms with Gasteiger partial charge in [-0.05, 0) is 87.6 Å². The quantitative estimate of drug-likeness (QED) is 0.210. The van der Waals surface area contributed by atoms with Crippen LogP contribution in [0, 0.1) is 37.0 Å². The topological polar surface area (TPSA) is 106 Å². The number of nitriles is 1. The smallest absolute Gasteiger partial charge is 0.265 e. The van der Waals surface area contributed by atoms with Gasteiger partial charge in [-0.15, -0.1) is 11.3 Å². The molecule has 0 spiro atoms. The van der Waals surface area contributed by atoms with Gasteiger partial charge in [0.05, 0.1) is 21.4 Å². The van der Waals surface area contributed by atoms with Crippen molar-refractivity contribution in [2.45, 2.75) is 40.0 Å². The molecule has 3 aromatic rings. The lowest BCUT2D eigenvalue weighted by Gasteiger charge is -2.16. The minimum atomic E-state index is -0.707. The minimum Gasteiger partial charge on any atom is -0.325 e. The van der Waals surface area contributed by atoms with Crippen LogP contribution in [0.4, 0.5) is 16.4 Å². The lowest BCUT2D eigenvalue weighted by Crippen LogP contribution is -2.17. The number of carbonyl (C=O) groups excluding carboxylic acids is 2. The van der Waals surface area contributed by atoms with E-state index in [1.165, 1.54) is 11.3 Å². The van der Waals surface area contributed by atoms with Gasteiger partial charge in [0.1, 0.15) is 0 Å². The monoisotopic (exact) mass is 511 g/mol. The van der Waals surface area contributed by atoms with Crippen LogP contribution in [0.3, 0.4) is 0 Å². The fourth-order valence-electron chi connectivity index (χ4n) is 3.42. The van der Waals surface area contributed by atoms with Crippen LogP contribution in [0.25, 0.3) is 0 Å². The summed E-state index contributed by atoms with van der Waals surface area (Å²) in [6.07, 6.45) is 0. The van der Waals surface area contributed by atoms with Crippen molar-refractivity contribution in [2.24, 2.45) is 4.99 Å². The van der Waals surface area contributed by atoms with Crippen molar-refractivity contribution < 1.29 is 9.59 Å². The second kappa shape index (κ2) is 11.6. The lowest BCUT2D eigenvalue weighted by atomic mass is 9.85. The van der Waals surface area contributed by atoms with E-state index in [2.05, 4.69) is 38.9 Å². The Balaban J connectivity index is 1.77. The standard InChI is InChI=1S/C29H29N5O2S/c1-7-9-25(31-6)34-28-19(3)14-24(37-28)27(36)33-23-16-22(13-12-18(23)2)32-26(35)20-10-8-11-21(15-20)29(4,5)17-30/h8,10-16H,1-6H3,(H,31,34)(H,32,35)(H,33,36). The van der Waals surface area contributed by atoms with E-state index in [9.17, 15) is 14.9 Å². The summed E-state index contributed by atoms with van der Waals surface area (Å²) in [4.78, 5) is 30.6. The number of anilines is 3. The van der Waals surface area contributed by atoms with E-state index in [4.69, 9.17) is 0 Å². The number of rotatable bonds is 6. The third-order valence-corrected chi connectivity index (χ3v) is 6.86. The number of amides is 2. The average Bonchev–Trinajstić information content (AvgIpc) is 3.25. The highest BCUT2D eigenvalue weighted by atomic mass is 32.1. The molecule has 2 aromatic carbocycles. The molecule has 0 aliphatic heterocycles. The number of thiophene rings is 1. The summed E-state index contributed by atoms with van der Waals surface area (Å²) in [6, 6.07) is 16.4. The van der Waals surface area contributed by atoms with Gasteiger partial charge in [0, 0.05) is 24.0 Å². The summed E-state index contributed by atoms with van der Waals surface area (Å²) in [5.41, 5.74) is 3.41. The van der Waals surface area contributed by atoms with Gasteiger partial charge in [0.25, 0.3) is 11.8 Å². The third-order valence-electron chi connectivity index (χ3n) is 5.71. The molecule has 0 radical (unpaired) electrons. The van der Waals surface area contributed by atoms with Crippen molar-refractivity contribution in [3.05, 3.63) is 75.7 Å². The number of amidine groups is 1. The van der Waals surface area contributed by atoms with Gasteiger partial charge in [-0.1, -0.05) is 24.1 Å². The predicted molar refractivity (Wildman–Crippen MR) is 152 cm³/mol. The van der Waals surface area contributed by atoms with Gasteiger partial charge >= 0.3 is 0 Å². The second-order valence-electron chi connectivity index (χ2n) is 8.95. The number of aliphatic imine (C=N–C) groups is 1. The van der Waals surface area contributed by atoms with Crippen LogP contribution >= 0.6 is 11.3 Å². The number of nitrogens with zero attached hydrogens (tertiary/aromatic N) is 2. The van der Waals surface area contributed by atoms with Crippen molar-refractivity contribution in [2.75, 3.05) is 23.0 Å². The summed E-state index contributed by atoms with van der Waals surface area (Å²) in [5.74, 6) is 5.67. The normalized spacial score (nSPS) is 11.1. The van der Waals surface area contributed by atoms with E-state index in [0.29, 0.717) is 27.7 Å². The number of carbonyl (C=O) groups is 2. The second-order valence-corrected chi connectivity index (χ2v) is 10.0. The predicted octanol–water partition coefficient (Wildman–Crippen LogP) is 6.13. The first kappa shape index (κ1) is 27.2. The van der Waals surface area contributed by atoms with E-state index in [0.717, 1.165) is 21.7 Å². The Morgan fingerprint density at radius 3 is 2.41 bits per heavy atom. The molecule has 0 saturated heterocycles. The number of hydrogen-bond donors (Lipinski definition) is 3. The first-order valence-corrected chi connectivity index (χ1v) is 12.4. The van der Waals surface area contributed by atoms with Crippen LogP contribution < -0.4 is 16.0 Å². The summed E-state index contributed by atoms with van der Waals surface area (Å²) >= 11 is 1.32. The molecule has 0 aliphatic carbocycles. The van der Waals surface area contributed by atoms with Crippen molar-refractivity contribution in [1.29, 1.82) is 5.26 Å². The lowest BCUT2D eigenvalue weighted by molar-refractivity contribution is 0.102. The molecule has 188 valence electrons. The maximum atomic E-state index is 13.0. The van der Waals surface area contributed by atoms with Crippen LogP contribution in [0.2, 0.25) is 0 Å². The first-order chi connectivity index (χ1) is 17.6. The molecule has 1 heterocycles. The number of aryl methyl sites for hydroxylation is 2. The molecule has 0 fully saturated rings. The number of hydrogen-bond acceptors (Lipinski definition) is 5. The Bertz CT molecular complexity index is 1480. The van der Waals surface area contributed by atoms with Crippen LogP contribution in [0.1, 0.15) is 57.5 Å². The Morgan fingerprint density at radius 1 is 0.973 bits per heavy atom. The molecule has 3 rings (SSSR count). The molecular formula is C29H29N5O2S. The van der Waals surface area contributed by atoms with E-state index in [1.54, 1.807) is 44.3 Å². The van der Waals surface area contributed by atoms with Crippen molar-refractivity contribution in [1.82, 2.24) is 0 Å². The van der Waals surface area contributed by atoms with E-state index >= 15 is 0 Å². The maximum absolute atomic E-state index is 13.0. The Labute approximate surface area is 221 Å². The molecule has 0 bridgehead atoms. The highest BCUT2D eigenvalue weighted by molar-refractivity contribution is 7.18. The molecule has 0 unspecified atom stereocenters. The van der Waals surface area contributed by atoms with Gasteiger partial charge in [-0.25, -0.2) is 0 Å². The average molecular weight is 512 g/mol. The van der Waals surface area contributed by atoms with Gasteiger partial charge in [-0.2, -0.15) is 5.26 Å². The van der Waals surface area contributed by atoms with Gasteiger partial charge in [0.15, 0.2) is 5.84 Å². The summed E-state index contributed by atoms with van der Waals surface area (Å²) in [7, 11) is 1.65. The van der Waals surface area contributed by atoms with Crippen LogP contribution in [-0.2, 0) is 5.41 Å². The molecule has 8 heteroatoms. The number of benzene rings is 2. The van der Waals surface area contributed by atoms with Gasteiger partial charge < -0.3 is 16.0 Å². The fourth-order valence-corrected chi connectivity index (χ4v) is 4.39. The largest absolute Gasteiger partial charge is 0.325 e. The molecule has 0 aliphatic rings. The molecule has 1 aromatic heterocycles. The Kier molecular flexibility index (Phi) is 8.49. The summed E-state index contributed by atoms with van der Waals surface area (Å²) in [5, 5.41) is 19.2. The van der Waals surface area contributed by atoms with Crippen LogP contribution in [0.5, 0.6) is 0 Å². The molecule has 0 atom stereocenters. The van der Waals surface area contributed by atoms with E-state index in [1.807, 2.05) is 45.9 Å². The van der Waals surface area contributed by atoms with Crippen molar-refractivity contribution >= 4 is 45.4 Å². The molecule has 37 heavy (non-hydrogen) atoms. The van der Waals surface area contributed by atoms with Crippen LogP contribution in [0.15, 0.2) is 53.5 Å². The van der Waals surface area contributed by atoms with Crippen molar-refractivity contribution in [3.63, 3.8) is 0 Å². The SMILES string of the molecule is CC#CC(=NC)Nc1sc(C(=O)Nc2cc(NC(=O)c3cccc(C(C)(C)C#N)c3)ccc2C)cc1C. The maximum Gasteiger partial charge on any atom is 0.265 e. The highest BCUT2D eigenvalue weighted by Gasteiger charge is 2.21. The molecule has 3 N–H and O–H groups in total. The van der Waals surface area contributed by atoms with Crippen molar-refractivity contribution in [3.8, 4) is 17.9 Å². The highest BCUT2D eigenvalue weighted by Crippen LogP contribution is 2.29. The third kappa shape index (κ3) is 6.63.